The van der Waals surface area contributed by atoms with Crippen LogP contribution >= 0.6 is 12.4 Å². The Balaban J connectivity index is 0.00000182. The van der Waals surface area contributed by atoms with Crippen LogP contribution in [0.2, 0.25) is 0 Å². The number of nitrogens with zero attached hydrogens (tertiary/aromatic N) is 3. The molecule has 0 saturated carbocycles. The highest BCUT2D eigenvalue weighted by Gasteiger charge is 2.38. The third-order valence-corrected chi connectivity index (χ3v) is 5.51. The number of benzene rings is 1. The molecule has 2 aliphatic heterocycles. The van der Waals surface area contributed by atoms with Crippen molar-refractivity contribution in [3.63, 3.8) is 0 Å². The molecule has 4 rings (SSSR count). The predicted molar refractivity (Wildman–Crippen MR) is 100 cm³/mol. The number of hydrogen-bond acceptors (Lipinski definition) is 3. The van der Waals surface area contributed by atoms with Gasteiger partial charge in [-0.25, -0.2) is 4.68 Å². The zero-order valence-electron chi connectivity index (χ0n) is 14.7. The zero-order chi connectivity index (χ0) is 16.7. The number of likely N-dealkylation sites (tertiary alicyclic amines) is 1. The van der Waals surface area contributed by atoms with Crippen LogP contribution < -0.4 is 5.32 Å². The molecule has 2 aliphatic rings. The average molecular weight is 361 g/mol. The van der Waals surface area contributed by atoms with Gasteiger partial charge in [-0.3, -0.25) is 4.79 Å². The van der Waals surface area contributed by atoms with Crippen molar-refractivity contribution in [2.24, 2.45) is 11.8 Å². The van der Waals surface area contributed by atoms with Crippen LogP contribution in [0.5, 0.6) is 0 Å². The lowest BCUT2D eigenvalue weighted by molar-refractivity contribution is -0.129. The predicted octanol–water partition coefficient (Wildman–Crippen LogP) is 2.13. The fourth-order valence-corrected chi connectivity index (χ4v) is 4.07. The summed E-state index contributed by atoms with van der Waals surface area (Å²) in [6.45, 7) is 7.97. The van der Waals surface area contributed by atoms with Gasteiger partial charge in [-0.05, 0) is 37.8 Å². The zero-order valence-corrected chi connectivity index (χ0v) is 15.6. The van der Waals surface area contributed by atoms with E-state index in [0.29, 0.717) is 18.3 Å². The summed E-state index contributed by atoms with van der Waals surface area (Å²) in [4.78, 5) is 14.8. The van der Waals surface area contributed by atoms with E-state index in [1.54, 1.807) is 0 Å². The van der Waals surface area contributed by atoms with E-state index in [0.717, 1.165) is 48.8 Å². The van der Waals surface area contributed by atoms with Crippen LogP contribution in [0.1, 0.15) is 17.0 Å². The quantitative estimate of drug-likeness (QED) is 0.912. The molecule has 1 amide bonds. The Bertz CT molecular complexity index is 746. The highest BCUT2D eigenvalue weighted by molar-refractivity contribution is 5.85. The fraction of sp³-hybridized carbons (Fsp3) is 0.474. The molecule has 1 N–H and O–H groups in total. The Morgan fingerprint density at radius 2 is 1.80 bits per heavy atom. The fourth-order valence-electron chi connectivity index (χ4n) is 4.07. The van der Waals surface area contributed by atoms with Crippen molar-refractivity contribution in [1.82, 2.24) is 20.0 Å². The first-order valence-corrected chi connectivity index (χ1v) is 8.72. The molecule has 2 aromatic rings. The summed E-state index contributed by atoms with van der Waals surface area (Å²) >= 11 is 0. The maximum absolute atomic E-state index is 12.8. The van der Waals surface area contributed by atoms with Crippen LogP contribution in [0.3, 0.4) is 0 Å². The second kappa shape index (κ2) is 7.18. The van der Waals surface area contributed by atoms with Crippen LogP contribution in [0.15, 0.2) is 30.3 Å². The van der Waals surface area contributed by atoms with Gasteiger partial charge in [0.05, 0.1) is 17.8 Å². The SMILES string of the molecule is Cc1nn(-c2ccccc2)c(C)c1CC(=O)N1C[C@H]2CNC[C@H]2C1.Cl. The molecule has 3 heterocycles. The van der Waals surface area contributed by atoms with Crippen LogP contribution in [0, 0.1) is 25.7 Å². The van der Waals surface area contributed by atoms with Gasteiger partial charge < -0.3 is 10.2 Å². The summed E-state index contributed by atoms with van der Waals surface area (Å²) < 4.78 is 1.95. The molecule has 6 heteroatoms. The van der Waals surface area contributed by atoms with Gasteiger partial charge in [0.15, 0.2) is 0 Å². The number of rotatable bonds is 3. The smallest absolute Gasteiger partial charge is 0.227 e. The van der Waals surface area contributed by atoms with E-state index >= 15 is 0 Å². The van der Waals surface area contributed by atoms with Gasteiger partial charge in [0.1, 0.15) is 0 Å². The molecule has 2 atom stereocenters. The minimum Gasteiger partial charge on any atom is -0.342 e. The molecular weight excluding hydrogens is 336 g/mol. The minimum atomic E-state index is 0. The van der Waals surface area contributed by atoms with Gasteiger partial charge in [-0.1, -0.05) is 18.2 Å². The van der Waals surface area contributed by atoms with E-state index < -0.39 is 0 Å². The molecule has 134 valence electrons. The van der Waals surface area contributed by atoms with Gasteiger partial charge in [0, 0.05) is 37.4 Å². The Kier molecular flexibility index (Phi) is 5.16. The number of aromatic nitrogens is 2. The maximum atomic E-state index is 12.8. The molecular formula is C19H25ClN4O. The first-order valence-electron chi connectivity index (χ1n) is 8.72. The highest BCUT2D eigenvalue weighted by atomic mass is 35.5. The lowest BCUT2D eigenvalue weighted by Gasteiger charge is -2.17. The second-order valence-electron chi connectivity index (χ2n) is 7.05. The van der Waals surface area contributed by atoms with Gasteiger partial charge in [0.25, 0.3) is 0 Å². The molecule has 0 bridgehead atoms. The molecule has 2 fully saturated rings. The highest BCUT2D eigenvalue weighted by Crippen LogP contribution is 2.27. The van der Waals surface area contributed by atoms with Crippen molar-refractivity contribution in [1.29, 1.82) is 0 Å². The summed E-state index contributed by atoms with van der Waals surface area (Å²) in [5, 5.41) is 8.08. The van der Waals surface area contributed by atoms with Crippen molar-refractivity contribution < 1.29 is 4.79 Å². The number of hydrogen-bond donors (Lipinski definition) is 1. The van der Waals surface area contributed by atoms with E-state index in [1.165, 1.54) is 0 Å². The van der Waals surface area contributed by atoms with E-state index in [-0.39, 0.29) is 18.3 Å². The minimum absolute atomic E-state index is 0. The molecule has 0 spiro atoms. The van der Waals surface area contributed by atoms with Crippen LogP contribution in [0.4, 0.5) is 0 Å². The van der Waals surface area contributed by atoms with Crippen LogP contribution in [-0.4, -0.2) is 46.8 Å². The first kappa shape index (κ1) is 18.0. The number of carbonyl (C=O) groups excluding carboxylic acids is 1. The summed E-state index contributed by atoms with van der Waals surface area (Å²) in [7, 11) is 0. The van der Waals surface area contributed by atoms with Gasteiger partial charge in [-0.15, -0.1) is 12.4 Å². The van der Waals surface area contributed by atoms with Crippen LogP contribution in [-0.2, 0) is 11.2 Å². The summed E-state index contributed by atoms with van der Waals surface area (Å²) in [6.07, 6.45) is 0.456. The van der Waals surface area contributed by atoms with Gasteiger partial charge in [0.2, 0.25) is 5.91 Å². The summed E-state index contributed by atoms with van der Waals surface area (Å²) in [5.74, 6) is 1.52. The van der Waals surface area contributed by atoms with E-state index in [4.69, 9.17) is 0 Å². The monoisotopic (exact) mass is 360 g/mol. The van der Waals surface area contributed by atoms with Crippen molar-refractivity contribution >= 4 is 18.3 Å². The lowest BCUT2D eigenvalue weighted by Crippen LogP contribution is -2.33. The number of amides is 1. The second-order valence-corrected chi connectivity index (χ2v) is 7.05. The van der Waals surface area contributed by atoms with Gasteiger partial charge >= 0.3 is 0 Å². The third-order valence-electron chi connectivity index (χ3n) is 5.51. The first-order chi connectivity index (χ1) is 11.6. The molecule has 0 aliphatic carbocycles. The van der Waals surface area contributed by atoms with E-state index in [1.807, 2.05) is 41.9 Å². The molecule has 2 saturated heterocycles. The summed E-state index contributed by atoms with van der Waals surface area (Å²) in [6, 6.07) is 10.1. The molecule has 5 nitrogen and oxygen atoms in total. The third kappa shape index (κ3) is 3.31. The average Bonchev–Trinajstić information content (AvgIpc) is 3.25. The van der Waals surface area contributed by atoms with Gasteiger partial charge in [-0.2, -0.15) is 5.10 Å². The van der Waals surface area contributed by atoms with Crippen molar-refractivity contribution in [2.75, 3.05) is 26.2 Å². The Morgan fingerprint density at radius 1 is 1.16 bits per heavy atom. The maximum Gasteiger partial charge on any atom is 0.227 e. The van der Waals surface area contributed by atoms with E-state index in [9.17, 15) is 4.79 Å². The van der Waals surface area contributed by atoms with Crippen molar-refractivity contribution in [3.8, 4) is 5.69 Å². The number of fused-ring (bicyclic) bond motifs is 1. The molecule has 1 aromatic heterocycles. The van der Waals surface area contributed by atoms with Crippen LogP contribution in [0.25, 0.3) is 5.69 Å². The Hall–Kier alpha value is -1.85. The Morgan fingerprint density at radius 3 is 2.44 bits per heavy atom. The summed E-state index contributed by atoms with van der Waals surface area (Å²) in [5.41, 5.74) is 4.12. The largest absolute Gasteiger partial charge is 0.342 e. The number of nitrogens with one attached hydrogen (secondary N) is 1. The standard InChI is InChI=1S/C19H24N4O.ClH/c1-13-18(14(2)23(21-13)17-6-4-3-5-7-17)8-19(24)22-11-15-9-20-10-16(15)12-22;/h3-7,15-16,20H,8-12H2,1-2H3;1H/t15-,16+;. The van der Waals surface area contributed by atoms with E-state index in [2.05, 4.69) is 22.2 Å². The normalized spacial score (nSPS) is 21.9. The van der Waals surface area contributed by atoms with Crippen molar-refractivity contribution in [3.05, 3.63) is 47.3 Å². The molecule has 0 radical (unpaired) electrons. The number of halogens is 1. The number of aryl methyl sites for hydroxylation is 1. The number of carbonyl (C=O) groups is 1. The topological polar surface area (TPSA) is 50.2 Å². The number of para-hydroxylation sites is 1. The molecule has 1 aromatic carbocycles. The molecule has 0 unspecified atom stereocenters. The van der Waals surface area contributed by atoms with Crippen molar-refractivity contribution in [2.45, 2.75) is 20.3 Å². The molecule has 25 heavy (non-hydrogen) atoms. The lowest BCUT2D eigenvalue weighted by atomic mass is 10.0. The Labute approximate surface area is 154 Å².